The fourth-order valence-electron chi connectivity index (χ4n) is 3.11. The molecular formula is C21H13BrN4O4S2. The van der Waals surface area contributed by atoms with Crippen molar-refractivity contribution < 1.29 is 12.8 Å². The Balaban J connectivity index is 1.48. The number of thiazole rings is 1. The van der Waals surface area contributed by atoms with Gasteiger partial charge in [-0.05, 0) is 48.5 Å². The first-order valence-electron chi connectivity index (χ1n) is 9.19. The second kappa shape index (κ2) is 7.78. The standard InChI is InChI=1S/C21H13BrN4O4S2/c22-16-4-2-1-3-15(16)19-24-21-26(25-19)20(27)18(31-21)11-13-7-10-17(30-13)12-5-8-14(9-6-12)32(23,28)29/h1-11H,(H2,23,28,29)/b18-11-. The second-order valence-electron chi connectivity index (χ2n) is 6.80. The first-order chi connectivity index (χ1) is 15.3. The molecule has 0 fully saturated rings. The van der Waals surface area contributed by atoms with Gasteiger partial charge < -0.3 is 4.42 Å². The lowest BCUT2D eigenvalue weighted by Crippen LogP contribution is -2.23. The molecule has 0 spiro atoms. The summed E-state index contributed by atoms with van der Waals surface area (Å²) in [5.74, 6) is 1.47. The Kier molecular flexibility index (Phi) is 5.05. The highest BCUT2D eigenvalue weighted by Gasteiger charge is 2.14. The lowest BCUT2D eigenvalue weighted by molar-refractivity contribution is 0.571. The SMILES string of the molecule is NS(=O)(=O)c1ccc(-c2ccc(/C=c3\sc4nc(-c5ccccc5Br)nn4c3=O)o2)cc1. The van der Waals surface area contributed by atoms with Crippen molar-refractivity contribution in [2.24, 2.45) is 5.14 Å². The van der Waals surface area contributed by atoms with E-state index in [2.05, 4.69) is 26.0 Å². The number of aromatic nitrogens is 3. The predicted octanol–water partition coefficient (Wildman–Crippen LogP) is 3.04. The Morgan fingerprint density at radius 3 is 2.50 bits per heavy atom. The van der Waals surface area contributed by atoms with Crippen LogP contribution >= 0.6 is 27.3 Å². The zero-order valence-corrected chi connectivity index (χ0v) is 19.3. The van der Waals surface area contributed by atoms with E-state index in [9.17, 15) is 13.2 Å². The van der Waals surface area contributed by atoms with Gasteiger partial charge in [-0.15, -0.1) is 5.10 Å². The number of hydrogen-bond acceptors (Lipinski definition) is 7. The van der Waals surface area contributed by atoms with Gasteiger partial charge in [-0.1, -0.05) is 39.4 Å². The van der Waals surface area contributed by atoms with Crippen LogP contribution in [0.3, 0.4) is 0 Å². The molecule has 32 heavy (non-hydrogen) atoms. The van der Waals surface area contributed by atoms with Gasteiger partial charge in [0.05, 0.1) is 4.90 Å². The average molecular weight is 529 g/mol. The van der Waals surface area contributed by atoms with Gasteiger partial charge in [-0.3, -0.25) is 4.79 Å². The predicted molar refractivity (Wildman–Crippen MR) is 125 cm³/mol. The Morgan fingerprint density at radius 2 is 1.81 bits per heavy atom. The van der Waals surface area contributed by atoms with Crippen LogP contribution < -0.4 is 15.2 Å². The van der Waals surface area contributed by atoms with Gasteiger partial charge in [-0.25, -0.2) is 13.6 Å². The van der Waals surface area contributed by atoms with E-state index in [-0.39, 0.29) is 10.5 Å². The lowest BCUT2D eigenvalue weighted by atomic mass is 10.2. The number of hydrogen-bond donors (Lipinski definition) is 1. The fourth-order valence-corrected chi connectivity index (χ4v) is 4.98. The van der Waals surface area contributed by atoms with Crippen molar-refractivity contribution in [3.8, 4) is 22.7 Å². The molecule has 0 amide bonds. The van der Waals surface area contributed by atoms with E-state index in [0.29, 0.717) is 32.4 Å². The zero-order chi connectivity index (χ0) is 22.5. The van der Waals surface area contributed by atoms with E-state index in [1.54, 1.807) is 30.3 Å². The van der Waals surface area contributed by atoms with Crippen molar-refractivity contribution >= 4 is 48.3 Å². The zero-order valence-electron chi connectivity index (χ0n) is 16.1. The van der Waals surface area contributed by atoms with Crippen LogP contribution in [0.2, 0.25) is 0 Å². The number of primary sulfonamides is 1. The summed E-state index contributed by atoms with van der Waals surface area (Å²) in [6.45, 7) is 0. The molecule has 0 aliphatic carbocycles. The van der Waals surface area contributed by atoms with E-state index >= 15 is 0 Å². The summed E-state index contributed by atoms with van der Waals surface area (Å²) in [5.41, 5.74) is 1.20. The number of benzene rings is 2. The van der Waals surface area contributed by atoms with Crippen molar-refractivity contribution in [3.05, 3.63) is 85.8 Å². The quantitative estimate of drug-likeness (QED) is 0.382. The Bertz CT molecular complexity index is 1690. The van der Waals surface area contributed by atoms with Gasteiger partial charge >= 0.3 is 0 Å². The molecule has 0 unspecified atom stereocenters. The summed E-state index contributed by atoms with van der Waals surface area (Å²) in [7, 11) is -3.76. The largest absolute Gasteiger partial charge is 0.457 e. The second-order valence-corrected chi connectivity index (χ2v) is 10.2. The average Bonchev–Trinajstić information content (AvgIpc) is 3.46. The summed E-state index contributed by atoms with van der Waals surface area (Å²) in [5, 5.41) is 9.47. The summed E-state index contributed by atoms with van der Waals surface area (Å²) in [6, 6.07) is 17.0. The van der Waals surface area contributed by atoms with Gasteiger partial charge in [0, 0.05) is 21.7 Å². The summed E-state index contributed by atoms with van der Waals surface area (Å²) in [6.07, 6.45) is 1.63. The first kappa shape index (κ1) is 20.8. The third kappa shape index (κ3) is 3.79. The molecule has 2 N–H and O–H groups in total. The molecule has 0 radical (unpaired) electrons. The highest BCUT2D eigenvalue weighted by atomic mass is 79.9. The van der Waals surface area contributed by atoms with Crippen molar-refractivity contribution in [3.63, 3.8) is 0 Å². The molecule has 0 bridgehead atoms. The van der Waals surface area contributed by atoms with Crippen molar-refractivity contribution in [2.75, 3.05) is 0 Å². The minimum absolute atomic E-state index is 0.0203. The molecule has 0 aliphatic rings. The molecule has 0 atom stereocenters. The molecule has 3 aromatic heterocycles. The van der Waals surface area contributed by atoms with Crippen LogP contribution in [0.15, 0.2) is 79.2 Å². The molecule has 5 aromatic rings. The smallest absolute Gasteiger partial charge is 0.291 e. The number of sulfonamides is 1. The van der Waals surface area contributed by atoms with Crippen molar-refractivity contribution in [2.45, 2.75) is 4.90 Å². The van der Waals surface area contributed by atoms with Crippen LogP contribution in [0.5, 0.6) is 0 Å². The molecule has 8 nitrogen and oxygen atoms in total. The van der Waals surface area contributed by atoms with Gasteiger partial charge in [-0.2, -0.15) is 9.50 Å². The normalized spacial score (nSPS) is 12.6. The number of nitrogens with zero attached hydrogens (tertiary/aromatic N) is 3. The van der Waals surface area contributed by atoms with Crippen LogP contribution in [0.1, 0.15) is 5.76 Å². The van der Waals surface area contributed by atoms with Crippen LogP contribution in [-0.4, -0.2) is 23.0 Å². The van der Waals surface area contributed by atoms with Crippen LogP contribution in [-0.2, 0) is 10.0 Å². The highest BCUT2D eigenvalue weighted by Crippen LogP contribution is 2.26. The maximum atomic E-state index is 12.8. The minimum atomic E-state index is -3.76. The monoisotopic (exact) mass is 528 g/mol. The Labute approximate surface area is 193 Å². The van der Waals surface area contributed by atoms with Crippen LogP contribution in [0, 0.1) is 0 Å². The van der Waals surface area contributed by atoms with Crippen LogP contribution in [0.4, 0.5) is 0 Å². The molecule has 0 saturated heterocycles. The topological polar surface area (TPSA) is 121 Å². The molecule has 160 valence electrons. The Morgan fingerprint density at radius 1 is 1.06 bits per heavy atom. The minimum Gasteiger partial charge on any atom is -0.457 e. The number of furan rings is 1. The van der Waals surface area contributed by atoms with Gasteiger partial charge in [0.25, 0.3) is 5.56 Å². The third-order valence-electron chi connectivity index (χ3n) is 4.66. The van der Waals surface area contributed by atoms with Gasteiger partial charge in [0.15, 0.2) is 5.82 Å². The molecule has 0 aliphatic heterocycles. The van der Waals surface area contributed by atoms with E-state index in [1.165, 1.54) is 28.0 Å². The van der Waals surface area contributed by atoms with E-state index in [1.807, 2.05) is 24.3 Å². The number of rotatable bonds is 4. The van der Waals surface area contributed by atoms with E-state index < -0.39 is 10.0 Å². The lowest BCUT2D eigenvalue weighted by Gasteiger charge is -2.00. The van der Waals surface area contributed by atoms with Crippen LogP contribution in [0.25, 0.3) is 33.7 Å². The van der Waals surface area contributed by atoms with E-state index in [4.69, 9.17) is 9.56 Å². The molecule has 11 heteroatoms. The third-order valence-corrected chi connectivity index (χ3v) is 7.24. The van der Waals surface area contributed by atoms with Crippen molar-refractivity contribution in [1.82, 2.24) is 14.6 Å². The molecule has 5 rings (SSSR count). The maximum Gasteiger partial charge on any atom is 0.291 e. The summed E-state index contributed by atoms with van der Waals surface area (Å²) in [4.78, 5) is 17.8. The number of fused-ring (bicyclic) bond motifs is 1. The van der Waals surface area contributed by atoms with E-state index in [0.717, 1.165) is 10.0 Å². The molecule has 2 aromatic carbocycles. The Hall–Kier alpha value is -3.12. The van der Waals surface area contributed by atoms with Crippen molar-refractivity contribution in [1.29, 1.82) is 0 Å². The number of halogens is 1. The fraction of sp³-hybridized carbons (Fsp3) is 0. The summed E-state index contributed by atoms with van der Waals surface area (Å²) >= 11 is 4.69. The maximum absolute atomic E-state index is 12.8. The first-order valence-corrected chi connectivity index (χ1v) is 12.3. The molecule has 0 saturated carbocycles. The molecule has 3 heterocycles. The van der Waals surface area contributed by atoms with Gasteiger partial charge in [0.1, 0.15) is 16.1 Å². The highest BCUT2D eigenvalue weighted by molar-refractivity contribution is 9.10. The molecular weight excluding hydrogens is 516 g/mol. The van der Waals surface area contributed by atoms with Gasteiger partial charge in [0.2, 0.25) is 15.0 Å². The number of nitrogens with two attached hydrogens (primary N) is 1. The summed E-state index contributed by atoms with van der Waals surface area (Å²) < 4.78 is 31.2.